The number of fused-ring (bicyclic) bond motifs is 1. The number of nitrogens with zero attached hydrogens (tertiary/aromatic N) is 1. The summed E-state index contributed by atoms with van der Waals surface area (Å²) in [6.07, 6.45) is 1.10. The number of anilines is 1. The molecule has 0 bridgehead atoms. The zero-order chi connectivity index (χ0) is 15.5. The first-order valence-electron chi connectivity index (χ1n) is 8.16. The van der Waals surface area contributed by atoms with Crippen LogP contribution < -0.4 is 5.32 Å². The third-order valence-corrected chi connectivity index (χ3v) is 3.41. The van der Waals surface area contributed by atoms with Gasteiger partial charge in [0.15, 0.2) is 0 Å². The largest absolute Gasteiger partial charge is 0.326 e. The van der Waals surface area contributed by atoms with E-state index in [0.29, 0.717) is 11.3 Å². The molecule has 0 fully saturated rings. The van der Waals surface area contributed by atoms with Crippen molar-refractivity contribution < 1.29 is 7.54 Å². The van der Waals surface area contributed by atoms with Crippen LogP contribution in [0.4, 0.5) is 5.69 Å². The fraction of sp³-hybridized carbons (Fsp3) is 0.562. The van der Waals surface area contributed by atoms with E-state index >= 15 is 0 Å². The highest BCUT2D eigenvalue weighted by atomic mass is 16.1. The maximum absolute atomic E-state index is 11.8. The fourth-order valence-corrected chi connectivity index (χ4v) is 2.57. The average Bonchev–Trinajstić information content (AvgIpc) is 2.67. The lowest BCUT2D eigenvalue weighted by molar-refractivity contribution is -0.115. The van der Waals surface area contributed by atoms with Crippen LogP contribution in [-0.2, 0) is 17.6 Å². The highest BCUT2D eigenvalue weighted by molar-refractivity contribution is 5.99. The number of amides is 1. The lowest BCUT2D eigenvalue weighted by atomic mass is 10.0. The van der Waals surface area contributed by atoms with Gasteiger partial charge in [0, 0.05) is 15.0 Å². The molecule has 1 aliphatic heterocycles. The molecule has 0 aromatic heterocycles. The number of nitrogens with one attached hydrogen (secondary N) is 1. The van der Waals surface area contributed by atoms with Gasteiger partial charge in [0.05, 0.1) is 6.37 Å². The smallest absolute Gasteiger partial charge is 0.228 e. The molecular formula is C16H24N2O. The quantitative estimate of drug-likeness (QED) is 0.819. The Hall–Kier alpha value is -1.35. The van der Waals surface area contributed by atoms with E-state index in [1.54, 1.807) is 6.07 Å². The van der Waals surface area contributed by atoms with E-state index in [2.05, 4.69) is 24.1 Å². The number of hydrogen-bond donors (Lipinski definition) is 1. The minimum Gasteiger partial charge on any atom is -0.326 e. The number of carbonyl (C=O) groups is 1. The molecule has 19 heavy (non-hydrogen) atoms. The van der Waals surface area contributed by atoms with Gasteiger partial charge in [0.1, 0.15) is 0 Å². The van der Waals surface area contributed by atoms with Crippen molar-refractivity contribution in [2.24, 2.45) is 0 Å². The Kier molecular flexibility index (Phi) is 4.05. The summed E-state index contributed by atoms with van der Waals surface area (Å²) in [6.45, 7) is 7.37. The molecule has 3 nitrogen and oxygen atoms in total. The predicted octanol–water partition coefficient (Wildman–Crippen LogP) is 2.85. The molecule has 104 valence electrons. The molecule has 1 aliphatic rings. The van der Waals surface area contributed by atoms with Crippen LogP contribution in [0.1, 0.15) is 40.6 Å². The number of benzene rings is 1. The molecule has 3 heteroatoms. The van der Waals surface area contributed by atoms with Crippen LogP contribution in [0.5, 0.6) is 0 Å². The van der Waals surface area contributed by atoms with E-state index in [-0.39, 0.29) is 0 Å². The topological polar surface area (TPSA) is 32.3 Å². The maximum Gasteiger partial charge on any atom is 0.228 e. The first-order valence-corrected chi connectivity index (χ1v) is 7.16. The fourth-order valence-electron chi connectivity index (χ4n) is 2.57. The molecule has 1 aromatic carbocycles. The summed E-state index contributed by atoms with van der Waals surface area (Å²) in [7, 11) is 0. The molecule has 2 rings (SSSR count). The molecule has 1 N–H and O–H groups in total. The molecule has 1 aromatic rings. The predicted molar refractivity (Wildman–Crippen MR) is 79.5 cm³/mol. The summed E-state index contributed by atoms with van der Waals surface area (Å²) in [4.78, 5) is 14.2. The normalized spacial score (nSPS) is 17.9. The molecular weight excluding hydrogens is 236 g/mol. The number of carbonyl (C=O) groups excluding carboxylic acids is 1. The summed E-state index contributed by atoms with van der Waals surface area (Å²) in [6, 6.07) is 5.60. The minimum absolute atomic E-state index is 0.531. The molecule has 0 radical (unpaired) electrons. The molecule has 0 spiro atoms. The van der Waals surface area contributed by atoms with Gasteiger partial charge in [-0.1, -0.05) is 26.0 Å². The van der Waals surface area contributed by atoms with Crippen LogP contribution in [0.15, 0.2) is 18.2 Å². The highest BCUT2D eigenvalue weighted by Gasteiger charge is 2.20. The van der Waals surface area contributed by atoms with Gasteiger partial charge in [0.2, 0.25) is 5.91 Å². The van der Waals surface area contributed by atoms with Gasteiger partial charge in [0.25, 0.3) is 0 Å². The van der Waals surface area contributed by atoms with E-state index in [1.807, 2.05) is 12.1 Å². The van der Waals surface area contributed by atoms with Gasteiger partial charge < -0.3 is 10.2 Å². The molecule has 0 unspecified atom stereocenters. The lowest BCUT2D eigenvalue weighted by Gasteiger charge is -2.21. The van der Waals surface area contributed by atoms with E-state index in [0.717, 1.165) is 44.5 Å². The van der Waals surface area contributed by atoms with Crippen LogP contribution in [0, 0.1) is 0 Å². The maximum atomic E-state index is 11.8. The molecule has 0 aliphatic carbocycles. The van der Waals surface area contributed by atoms with E-state index < -0.39 is 12.3 Å². The molecule has 0 atom stereocenters. The Labute approximate surface area is 118 Å². The molecule has 1 amide bonds. The Morgan fingerprint density at radius 2 is 2.00 bits per heavy atom. The van der Waals surface area contributed by atoms with Crippen molar-refractivity contribution >= 4 is 11.6 Å². The zero-order valence-corrected chi connectivity index (χ0v) is 11.8. The molecule has 0 saturated heterocycles. The van der Waals surface area contributed by atoms with Gasteiger partial charge in [-0.25, -0.2) is 0 Å². The van der Waals surface area contributed by atoms with Crippen molar-refractivity contribution in [2.45, 2.75) is 39.5 Å². The number of hydrogen-bond acceptors (Lipinski definition) is 2. The highest BCUT2D eigenvalue weighted by Crippen LogP contribution is 2.26. The second-order valence-electron chi connectivity index (χ2n) is 5.01. The Morgan fingerprint density at radius 1 is 1.26 bits per heavy atom. The van der Waals surface area contributed by atoms with Gasteiger partial charge in [-0.05, 0) is 49.5 Å². The molecule has 0 saturated carbocycles. The van der Waals surface area contributed by atoms with E-state index in [1.165, 1.54) is 0 Å². The number of rotatable bonds is 7. The first kappa shape index (κ1) is 11.5. The van der Waals surface area contributed by atoms with Crippen LogP contribution in [0.25, 0.3) is 0 Å². The van der Waals surface area contributed by atoms with Crippen molar-refractivity contribution in [3.63, 3.8) is 0 Å². The second-order valence-corrected chi connectivity index (χ2v) is 5.01. The third kappa shape index (κ3) is 3.57. The summed E-state index contributed by atoms with van der Waals surface area (Å²) in [5, 5.41) is 2.64. The monoisotopic (exact) mass is 262 g/mol. The Bertz CT molecular complexity index is 511. The first-order chi connectivity index (χ1) is 10.0. The van der Waals surface area contributed by atoms with Crippen molar-refractivity contribution in [1.29, 1.82) is 0 Å². The minimum atomic E-state index is -1.91. The Balaban J connectivity index is 2.16. The van der Waals surface area contributed by atoms with Crippen LogP contribution in [0.2, 0.25) is 0 Å². The summed E-state index contributed by atoms with van der Waals surface area (Å²) in [5.74, 6) is -0.552. The van der Waals surface area contributed by atoms with E-state index in [9.17, 15) is 4.79 Å². The van der Waals surface area contributed by atoms with E-state index in [4.69, 9.17) is 2.74 Å². The second kappa shape index (κ2) is 6.71. The van der Waals surface area contributed by atoms with Gasteiger partial charge in [-0.15, -0.1) is 0 Å². The summed E-state index contributed by atoms with van der Waals surface area (Å²) >= 11 is 0. The van der Waals surface area contributed by atoms with Crippen molar-refractivity contribution in [3.05, 3.63) is 29.3 Å². The Morgan fingerprint density at radius 3 is 2.68 bits per heavy atom. The van der Waals surface area contributed by atoms with Crippen molar-refractivity contribution in [3.8, 4) is 0 Å². The van der Waals surface area contributed by atoms with Crippen LogP contribution >= 0.6 is 0 Å². The SMILES string of the molecule is [2H]C1([2H])C(=O)Nc2cccc(CCN(CCC)CCC)c21. The van der Waals surface area contributed by atoms with Crippen LogP contribution in [0.3, 0.4) is 0 Å². The van der Waals surface area contributed by atoms with Crippen molar-refractivity contribution in [2.75, 3.05) is 25.0 Å². The summed E-state index contributed by atoms with van der Waals surface area (Å²) < 4.78 is 16.0. The third-order valence-electron chi connectivity index (χ3n) is 3.41. The van der Waals surface area contributed by atoms with Crippen molar-refractivity contribution in [1.82, 2.24) is 4.90 Å². The van der Waals surface area contributed by atoms with Crippen LogP contribution in [-0.4, -0.2) is 30.4 Å². The molecule has 1 heterocycles. The lowest BCUT2D eigenvalue weighted by Crippen LogP contribution is -2.28. The van der Waals surface area contributed by atoms with Gasteiger partial charge in [-0.2, -0.15) is 0 Å². The van der Waals surface area contributed by atoms with Gasteiger partial charge >= 0.3 is 0 Å². The summed E-state index contributed by atoms with van der Waals surface area (Å²) in [5.41, 5.74) is 2.09. The van der Waals surface area contributed by atoms with Gasteiger partial charge in [-0.3, -0.25) is 4.79 Å². The average molecular weight is 262 g/mol. The standard InChI is InChI=1S/C16H24N2O/c1-3-9-18(10-4-2)11-8-13-6-5-7-15-14(13)12-16(19)17-15/h5-7H,3-4,8-12H2,1-2H3,(H,17,19)/i12D2. The zero-order valence-electron chi connectivity index (χ0n) is 13.8.